The highest BCUT2D eigenvalue weighted by Crippen LogP contribution is 2.30. The van der Waals surface area contributed by atoms with E-state index in [0.29, 0.717) is 10.7 Å². The van der Waals surface area contributed by atoms with Crippen LogP contribution in [0.15, 0.2) is 0 Å². The number of hydrogen-bond acceptors (Lipinski definition) is 6. The third-order valence-corrected chi connectivity index (χ3v) is 4.99. The molecule has 1 aromatic heterocycles. The predicted octanol–water partition coefficient (Wildman–Crippen LogP) is 0.761. The molecule has 3 heterocycles. The number of rotatable bonds is 2. The molecule has 110 valence electrons. The van der Waals surface area contributed by atoms with Crippen LogP contribution in [0.4, 0.5) is 10.9 Å². The summed E-state index contributed by atoms with van der Waals surface area (Å²) in [5.41, 5.74) is 5.97. The lowest BCUT2D eigenvalue weighted by molar-refractivity contribution is 0.0730. The summed E-state index contributed by atoms with van der Waals surface area (Å²) < 4.78 is 0. The molecule has 0 radical (unpaired) electrons. The highest BCUT2D eigenvalue weighted by atomic mass is 32.1. The van der Waals surface area contributed by atoms with Crippen LogP contribution >= 0.6 is 11.3 Å². The number of nitrogens with two attached hydrogens (primary N) is 1. The van der Waals surface area contributed by atoms with E-state index in [0.717, 1.165) is 57.2 Å². The monoisotopic (exact) mass is 295 g/mol. The molecule has 2 aliphatic heterocycles. The van der Waals surface area contributed by atoms with Crippen molar-refractivity contribution in [2.24, 2.45) is 0 Å². The highest BCUT2D eigenvalue weighted by molar-refractivity contribution is 7.18. The third kappa shape index (κ3) is 2.73. The number of piperidine rings is 1. The number of nitrogen functional groups attached to an aromatic ring is 1. The van der Waals surface area contributed by atoms with Gasteiger partial charge in [-0.25, -0.2) is 4.98 Å². The van der Waals surface area contributed by atoms with E-state index in [4.69, 9.17) is 5.73 Å². The molecule has 0 spiro atoms. The lowest BCUT2D eigenvalue weighted by Crippen LogP contribution is -2.43. The third-order valence-electron chi connectivity index (χ3n) is 3.87. The van der Waals surface area contributed by atoms with E-state index in [1.54, 1.807) is 0 Å². The van der Waals surface area contributed by atoms with Gasteiger partial charge in [-0.05, 0) is 19.3 Å². The fourth-order valence-corrected chi connectivity index (χ4v) is 3.71. The van der Waals surface area contributed by atoms with Crippen LogP contribution in [0.25, 0.3) is 0 Å². The molecule has 1 amide bonds. The largest absolute Gasteiger partial charge is 0.382 e. The van der Waals surface area contributed by atoms with E-state index in [9.17, 15) is 4.79 Å². The lowest BCUT2D eigenvalue weighted by atomic mass is 10.1. The van der Waals surface area contributed by atoms with Gasteiger partial charge < -0.3 is 20.9 Å². The Hall–Kier alpha value is -1.34. The fourth-order valence-electron chi connectivity index (χ4n) is 2.71. The van der Waals surface area contributed by atoms with Gasteiger partial charge in [0.2, 0.25) is 0 Å². The van der Waals surface area contributed by atoms with Crippen molar-refractivity contribution in [3.8, 4) is 0 Å². The van der Waals surface area contributed by atoms with Gasteiger partial charge in [0.05, 0.1) is 0 Å². The van der Waals surface area contributed by atoms with Crippen LogP contribution in [0, 0.1) is 0 Å². The maximum Gasteiger partial charge on any atom is 0.267 e. The minimum atomic E-state index is 0.0566. The number of aromatic nitrogens is 1. The Morgan fingerprint density at radius 1 is 1.15 bits per heavy atom. The van der Waals surface area contributed by atoms with Crippen LogP contribution < -0.4 is 16.0 Å². The molecule has 0 atom stereocenters. The van der Waals surface area contributed by atoms with Crippen LogP contribution in [-0.2, 0) is 0 Å². The summed E-state index contributed by atoms with van der Waals surface area (Å²) in [7, 11) is 0. The van der Waals surface area contributed by atoms with Crippen LogP contribution in [-0.4, -0.2) is 55.1 Å². The summed E-state index contributed by atoms with van der Waals surface area (Å²) in [5.74, 6) is 0.445. The summed E-state index contributed by atoms with van der Waals surface area (Å²) in [5, 5.41) is 4.19. The summed E-state index contributed by atoms with van der Waals surface area (Å²) in [6.45, 7) is 5.44. The first-order valence-electron chi connectivity index (χ1n) is 7.27. The minimum absolute atomic E-state index is 0.0566. The van der Waals surface area contributed by atoms with Crippen molar-refractivity contribution in [2.45, 2.75) is 19.3 Å². The van der Waals surface area contributed by atoms with Crippen molar-refractivity contribution >= 4 is 28.2 Å². The molecular formula is C13H21N5OS. The molecule has 6 nitrogen and oxygen atoms in total. The van der Waals surface area contributed by atoms with Crippen molar-refractivity contribution < 1.29 is 4.79 Å². The second-order valence-corrected chi connectivity index (χ2v) is 6.28. The van der Waals surface area contributed by atoms with Gasteiger partial charge in [-0.15, -0.1) is 0 Å². The molecule has 3 rings (SSSR count). The first-order valence-corrected chi connectivity index (χ1v) is 8.08. The first kappa shape index (κ1) is 13.6. The van der Waals surface area contributed by atoms with Gasteiger partial charge in [-0.1, -0.05) is 11.3 Å². The average Bonchev–Trinajstić information content (AvgIpc) is 2.90. The Morgan fingerprint density at radius 3 is 2.55 bits per heavy atom. The molecule has 0 saturated carbocycles. The van der Waals surface area contributed by atoms with Crippen LogP contribution in [0.2, 0.25) is 0 Å². The van der Waals surface area contributed by atoms with Gasteiger partial charge in [0.25, 0.3) is 5.91 Å². The normalized spacial score (nSPS) is 20.2. The van der Waals surface area contributed by atoms with E-state index in [1.165, 1.54) is 17.8 Å². The Balaban J connectivity index is 1.75. The maximum atomic E-state index is 12.5. The quantitative estimate of drug-likeness (QED) is 0.842. The number of piperazine rings is 1. The van der Waals surface area contributed by atoms with Crippen molar-refractivity contribution in [2.75, 3.05) is 49.9 Å². The molecule has 20 heavy (non-hydrogen) atoms. The second-order valence-electron chi connectivity index (χ2n) is 5.30. The molecular weight excluding hydrogens is 274 g/mol. The van der Waals surface area contributed by atoms with Crippen molar-refractivity contribution in [3.05, 3.63) is 4.88 Å². The molecule has 0 aliphatic carbocycles. The molecule has 0 aromatic carbocycles. The van der Waals surface area contributed by atoms with Gasteiger partial charge >= 0.3 is 0 Å². The number of carbonyl (C=O) groups is 1. The van der Waals surface area contributed by atoms with Gasteiger partial charge in [-0.2, -0.15) is 0 Å². The molecule has 2 fully saturated rings. The summed E-state index contributed by atoms with van der Waals surface area (Å²) in [4.78, 5) is 21.6. The standard InChI is InChI=1S/C13H21N5OS/c14-11-10(12(19)17-6-2-1-3-7-17)20-13(16-11)18-8-4-15-5-9-18/h15H,1-9,14H2. The molecule has 0 bridgehead atoms. The van der Waals surface area contributed by atoms with Gasteiger partial charge in [0, 0.05) is 39.3 Å². The molecule has 1 aromatic rings. The van der Waals surface area contributed by atoms with Gasteiger partial charge in [0.1, 0.15) is 10.7 Å². The zero-order valence-corrected chi connectivity index (χ0v) is 12.4. The average molecular weight is 295 g/mol. The maximum absolute atomic E-state index is 12.5. The van der Waals surface area contributed by atoms with E-state index in [-0.39, 0.29) is 5.91 Å². The van der Waals surface area contributed by atoms with Gasteiger partial charge in [-0.3, -0.25) is 4.79 Å². The Bertz CT molecular complexity index is 477. The number of likely N-dealkylation sites (tertiary alicyclic amines) is 1. The zero-order valence-electron chi connectivity index (χ0n) is 11.6. The van der Waals surface area contributed by atoms with Crippen LogP contribution in [0.3, 0.4) is 0 Å². The van der Waals surface area contributed by atoms with E-state index < -0.39 is 0 Å². The molecule has 3 N–H and O–H groups in total. The number of amides is 1. The number of anilines is 2. The fraction of sp³-hybridized carbons (Fsp3) is 0.692. The Kier molecular flexibility index (Phi) is 4.07. The van der Waals surface area contributed by atoms with E-state index in [1.807, 2.05) is 4.90 Å². The highest BCUT2D eigenvalue weighted by Gasteiger charge is 2.25. The molecule has 2 aliphatic rings. The molecule has 2 saturated heterocycles. The first-order chi connectivity index (χ1) is 9.75. The van der Waals surface area contributed by atoms with Gasteiger partial charge in [0.15, 0.2) is 5.13 Å². The Labute approximate surface area is 123 Å². The van der Waals surface area contributed by atoms with E-state index in [2.05, 4.69) is 15.2 Å². The Morgan fingerprint density at radius 2 is 1.85 bits per heavy atom. The lowest BCUT2D eigenvalue weighted by Gasteiger charge is -2.27. The minimum Gasteiger partial charge on any atom is -0.382 e. The van der Waals surface area contributed by atoms with Crippen LogP contribution in [0.1, 0.15) is 28.9 Å². The smallest absolute Gasteiger partial charge is 0.267 e. The number of hydrogen-bond donors (Lipinski definition) is 2. The summed E-state index contributed by atoms with van der Waals surface area (Å²) in [6, 6.07) is 0. The van der Waals surface area contributed by atoms with Crippen molar-refractivity contribution in [1.29, 1.82) is 0 Å². The van der Waals surface area contributed by atoms with Crippen molar-refractivity contribution in [3.63, 3.8) is 0 Å². The summed E-state index contributed by atoms with van der Waals surface area (Å²) >= 11 is 1.44. The molecule has 7 heteroatoms. The SMILES string of the molecule is Nc1nc(N2CCNCC2)sc1C(=O)N1CCCCC1. The number of nitrogens with one attached hydrogen (secondary N) is 1. The van der Waals surface area contributed by atoms with Crippen LogP contribution in [0.5, 0.6) is 0 Å². The topological polar surface area (TPSA) is 74.5 Å². The number of carbonyl (C=O) groups excluding carboxylic acids is 1. The second kappa shape index (κ2) is 5.97. The number of thiazole rings is 1. The number of nitrogens with zero attached hydrogens (tertiary/aromatic N) is 3. The summed E-state index contributed by atoms with van der Waals surface area (Å²) in [6.07, 6.45) is 3.40. The predicted molar refractivity (Wildman–Crippen MR) is 81.4 cm³/mol. The van der Waals surface area contributed by atoms with Crippen molar-refractivity contribution in [1.82, 2.24) is 15.2 Å². The van der Waals surface area contributed by atoms with E-state index >= 15 is 0 Å². The zero-order chi connectivity index (χ0) is 13.9. The molecule has 0 unspecified atom stereocenters.